The molecule has 1 aromatic carbocycles. The van der Waals surface area contributed by atoms with Crippen molar-refractivity contribution in [1.29, 1.82) is 5.26 Å². The van der Waals surface area contributed by atoms with E-state index in [1.807, 2.05) is 6.07 Å². The van der Waals surface area contributed by atoms with Crippen molar-refractivity contribution in [3.63, 3.8) is 0 Å². The van der Waals surface area contributed by atoms with E-state index in [-0.39, 0.29) is 17.9 Å². The van der Waals surface area contributed by atoms with Crippen LogP contribution in [0, 0.1) is 11.3 Å². The third-order valence-electron chi connectivity index (χ3n) is 2.16. The van der Waals surface area contributed by atoms with Gasteiger partial charge in [0.1, 0.15) is 0 Å². The van der Waals surface area contributed by atoms with Gasteiger partial charge in [0, 0.05) is 6.04 Å². The third kappa shape index (κ3) is 1.90. The highest BCUT2D eigenvalue weighted by molar-refractivity contribution is 5.46. The molecule has 0 fully saturated rings. The quantitative estimate of drug-likeness (QED) is 0.836. The summed E-state index contributed by atoms with van der Waals surface area (Å²) in [5.41, 5.74) is 6.22. The Morgan fingerprint density at radius 2 is 2.06 bits per heavy atom. The fraction of sp³-hybridized carbons (Fsp3) is 0.300. The molecule has 1 aliphatic heterocycles. The van der Waals surface area contributed by atoms with Gasteiger partial charge in [-0.2, -0.15) is 5.26 Å². The highest BCUT2D eigenvalue weighted by Gasteiger charge is 2.43. The molecule has 0 saturated heterocycles. The standard InChI is InChI=1S/C10H8F2N2O2/c11-10(12)15-8-2-1-6(5-9(8)16-10)7(14)3-4-13/h1-2,5,7H,3,14H2/t7-/m0/s1. The van der Waals surface area contributed by atoms with Crippen molar-refractivity contribution in [1.82, 2.24) is 0 Å². The molecule has 2 rings (SSSR count). The van der Waals surface area contributed by atoms with Crippen LogP contribution in [-0.2, 0) is 0 Å². The first-order valence-corrected chi connectivity index (χ1v) is 4.54. The maximum atomic E-state index is 12.7. The van der Waals surface area contributed by atoms with Crippen molar-refractivity contribution in [2.24, 2.45) is 5.73 Å². The van der Waals surface area contributed by atoms with Crippen LogP contribution in [0.5, 0.6) is 11.5 Å². The predicted octanol–water partition coefficient (Wildman–Crippen LogP) is 1.92. The van der Waals surface area contributed by atoms with Crippen LogP contribution < -0.4 is 15.2 Å². The van der Waals surface area contributed by atoms with E-state index < -0.39 is 12.3 Å². The minimum absolute atomic E-state index is 0.0297. The number of nitriles is 1. The summed E-state index contributed by atoms with van der Waals surface area (Å²) in [6.07, 6.45) is -3.52. The lowest BCUT2D eigenvalue weighted by molar-refractivity contribution is -0.286. The fourth-order valence-electron chi connectivity index (χ4n) is 1.41. The van der Waals surface area contributed by atoms with Gasteiger partial charge in [-0.1, -0.05) is 6.07 Å². The van der Waals surface area contributed by atoms with E-state index in [1.54, 1.807) is 0 Å². The zero-order chi connectivity index (χ0) is 11.8. The summed E-state index contributed by atoms with van der Waals surface area (Å²) in [6, 6.07) is 5.63. The highest BCUT2D eigenvalue weighted by atomic mass is 19.3. The second kappa shape index (κ2) is 3.61. The first-order chi connectivity index (χ1) is 7.52. The van der Waals surface area contributed by atoms with E-state index >= 15 is 0 Å². The van der Waals surface area contributed by atoms with Gasteiger partial charge in [-0.25, -0.2) is 0 Å². The summed E-state index contributed by atoms with van der Waals surface area (Å²) in [7, 11) is 0. The summed E-state index contributed by atoms with van der Waals surface area (Å²) >= 11 is 0. The van der Waals surface area contributed by atoms with Gasteiger partial charge >= 0.3 is 6.29 Å². The Morgan fingerprint density at radius 3 is 2.75 bits per heavy atom. The molecule has 1 aromatic rings. The largest absolute Gasteiger partial charge is 0.586 e. The summed E-state index contributed by atoms with van der Waals surface area (Å²) in [4.78, 5) is 0. The lowest BCUT2D eigenvalue weighted by Gasteiger charge is -2.07. The van der Waals surface area contributed by atoms with Crippen molar-refractivity contribution in [2.75, 3.05) is 0 Å². The molecule has 0 aromatic heterocycles. The van der Waals surface area contributed by atoms with Crippen molar-refractivity contribution < 1.29 is 18.3 Å². The van der Waals surface area contributed by atoms with Crippen LogP contribution in [-0.4, -0.2) is 6.29 Å². The number of ether oxygens (including phenoxy) is 2. The van der Waals surface area contributed by atoms with E-state index in [4.69, 9.17) is 11.0 Å². The van der Waals surface area contributed by atoms with Gasteiger partial charge in [-0.05, 0) is 17.7 Å². The van der Waals surface area contributed by atoms with Crippen LogP contribution in [0.3, 0.4) is 0 Å². The van der Waals surface area contributed by atoms with Gasteiger partial charge in [-0.15, -0.1) is 8.78 Å². The number of hydrogen-bond acceptors (Lipinski definition) is 4. The predicted molar refractivity (Wildman–Crippen MR) is 49.8 cm³/mol. The normalized spacial score (nSPS) is 17.9. The van der Waals surface area contributed by atoms with E-state index in [1.165, 1.54) is 18.2 Å². The van der Waals surface area contributed by atoms with Crippen LogP contribution in [0.1, 0.15) is 18.0 Å². The molecule has 84 valence electrons. The Hall–Kier alpha value is -1.87. The molecule has 0 unspecified atom stereocenters. The summed E-state index contributed by atoms with van der Waals surface area (Å²) in [5.74, 6) is -0.0891. The maximum Gasteiger partial charge on any atom is 0.586 e. The van der Waals surface area contributed by atoms with Crippen LogP contribution in [0.2, 0.25) is 0 Å². The molecule has 0 amide bonds. The minimum atomic E-state index is -3.62. The lowest BCUT2D eigenvalue weighted by Crippen LogP contribution is -2.25. The van der Waals surface area contributed by atoms with Crippen molar-refractivity contribution >= 4 is 0 Å². The molecular weight excluding hydrogens is 218 g/mol. The third-order valence-corrected chi connectivity index (χ3v) is 2.16. The topological polar surface area (TPSA) is 68.3 Å². The van der Waals surface area contributed by atoms with Crippen LogP contribution in [0.4, 0.5) is 8.78 Å². The average Bonchev–Trinajstić information content (AvgIpc) is 2.50. The molecule has 0 spiro atoms. The molecule has 0 aliphatic carbocycles. The number of halogens is 2. The van der Waals surface area contributed by atoms with Gasteiger partial charge < -0.3 is 15.2 Å². The molecule has 1 aliphatic rings. The molecule has 0 radical (unpaired) electrons. The van der Waals surface area contributed by atoms with Gasteiger partial charge in [0.25, 0.3) is 0 Å². The number of benzene rings is 1. The maximum absolute atomic E-state index is 12.7. The zero-order valence-electron chi connectivity index (χ0n) is 8.11. The van der Waals surface area contributed by atoms with Crippen LogP contribution in [0.15, 0.2) is 18.2 Å². The van der Waals surface area contributed by atoms with E-state index in [0.717, 1.165) is 0 Å². The molecule has 2 N–H and O–H groups in total. The number of nitrogens with two attached hydrogens (primary N) is 1. The zero-order valence-corrected chi connectivity index (χ0v) is 8.11. The number of rotatable bonds is 2. The van der Waals surface area contributed by atoms with Crippen molar-refractivity contribution in [3.05, 3.63) is 23.8 Å². The SMILES string of the molecule is N#CC[C@H](N)c1ccc2c(c1)OC(F)(F)O2. The number of hydrogen-bond donors (Lipinski definition) is 1. The Labute approximate surface area is 90.2 Å². The summed E-state index contributed by atoms with van der Waals surface area (Å²) in [5, 5.41) is 8.47. The van der Waals surface area contributed by atoms with Gasteiger partial charge in [0.2, 0.25) is 0 Å². The fourth-order valence-corrected chi connectivity index (χ4v) is 1.41. The first-order valence-electron chi connectivity index (χ1n) is 4.54. The second-order valence-corrected chi connectivity index (χ2v) is 3.34. The van der Waals surface area contributed by atoms with Gasteiger partial charge in [0.15, 0.2) is 11.5 Å². The minimum Gasteiger partial charge on any atom is -0.395 e. The molecule has 1 atom stereocenters. The van der Waals surface area contributed by atoms with E-state index in [2.05, 4.69) is 9.47 Å². The Bertz CT molecular complexity index is 457. The lowest BCUT2D eigenvalue weighted by atomic mass is 10.1. The first kappa shape index (κ1) is 10.6. The molecule has 1 heterocycles. The molecule has 6 heteroatoms. The van der Waals surface area contributed by atoms with Crippen LogP contribution in [0.25, 0.3) is 0 Å². The Balaban J connectivity index is 2.26. The second-order valence-electron chi connectivity index (χ2n) is 3.34. The van der Waals surface area contributed by atoms with Crippen molar-refractivity contribution in [2.45, 2.75) is 18.8 Å². The Morgan fingerprint density at radius 1 is 1.38 bits per heavy atom. The monoisotopic (exact) mass is 226 g/mol. The average molecular weight is 226 g/mol. The Kier molecular flexibility index (Phi) is 2.40. The number of nitrogens with zero attached hydrogens (tertiary/aromatic N) is 1. The molecule has 16 heavy (non-hydrogen) atoms. The molecule has 0 saturated carbocycles. The van der Waals surface area contributed by atoms with E-state index in [0.29, 0.717) is 5.56 Å². The van der Waals surface area contributed by atoms with Gasteiger partial charge in [-0.3, -0.25) is 0 Å². The van der Waals surface area contributed by atoms with Crippen LogP contribution >= 0.6 is 0 Å². The highest BCUT2D eigenvalue weighted by Crippen LogP contribution is 2.41. The van der Waals surface area contributed by atoms with E-state index in [9.17, 15) is 8.78 Å². The molecule has 4 nitrogen and oxygen atoms in total. The number of alkyl halides is 2. The summed E-state index contributed by atoms with van der Waals surface area (Å²) in [6.45, 7) is 0. The van der Waals surface area contributed by atoms with Crippen molar-refractivity contribution in [3.8, 4) is 17.6 Å². The van der Waals surface area contributed by atoms with Gasteiger partial charge in [0.05, 0.1) is 12.5 Å². The molecule has 0 bridgehead atoms. The number of fused-ring (bicyclic) bond motifs is 1. The summed E-state index contributed by atoms with van der Waals surface area (Å²) < 4.78 is 33.9. The smallest absolute Gasteiger partial charge is 0.395 e. The molecular formula is C10H8F2N2O2.